The van der Waals surface area contributed by atoms with Crippen LogP contribution in [0.1, 0.15) is 18.2 Å². The molecular weight excluding hydrogens is 212 g/mol. The number of para-hydroxylation sites is 1. The largest absolute Gasteiger partial charge is 0.392 e. The number of hydrogen-bond donors (Lipinski definition) is 3. The molecular formula is C14H20N2O. The molecule has 1 aromatic heterocycles. The van der Waals surface area contributed by atoms with E-state index in [9.17, 15) is 0 Å². The highest BCUT2D eigenvalue weighted by molar-refractivity contribution is 5.84. The Balaban J connectivity index is 2.05. The molecule has 0 saturated heterocycles. The summed E-state index contributed by atoms with van der Waals surface area (Å²) in [5.41, 5.74) is 3.82. The number of hydrogen-bond acceptors (Lipinski definition) is 2. The molecule has 17 heavy (non-hydrogen) atoms. The monoisotopic (exact) mass is 232 g/mol. The highest BCUT2D eigenvalue weighted by atomic mass is 16.3. The van der Waals surface area contributed by atoms with Crippen LogP contribution in [0.15, 0.2) is 24.3 Å². The van der Waals surface area contributed by atoms with Gasteiger partial charge in [-0.1, -0.05) is 18.2 Å². The molecule has 2 aromatic rings. The van der Waals surface area contributed by atoms with E-state index in [1.807, 2.05) is 6.07 Å². The molecule has 0 fully saturated rings. The summed E-state index contributed by atoms with van der Waals surface area (Å²) in [4.78, 5) is 3.40. The van der Waals surface area contributed by atoms with Gasteiger partial charge in [-0.15, -0.1) is 0 Å². The second-order valence-electron chi connectivity index (χ2n) is 4.58. The number of aryl methyl sites for hydroxylation is 1. The van der Waals surface area contributed by atoms with E-state index < -0.39 is 0 Å². The van der Waals surface area contributed by atoms with E-state index in [1.165, 1.54) is 22.2 Å². The summed E-state index contributed by atoms with van der Waals surface area (Å²) in [5.74, 6) is 0. The van der Waals surface area contributed by atoms with Gasteiger partial charge in [0.2, 0.25) is 0 Å². The molecule has 1 atom stereocenters. The molecule has 0 aliphatic rings. The third kappa shape index (κ3) is 2.87. The molecule has 3 heteroatoms. The smallest absolute Gasteiger partial charge is 0.0636 e. The topological polar surface area (TPSA) is 48.0 Å². The van der Waals surface area contributed by atoms with E-state index >= 15 is 0 Å². The summed E-state index contributed by atoms with van der Waals surface area (Å²) in [7, 11) is 0. The van der Waals surface area contributed by atoms with Gasteiger partial charge < -0.3 is 15.4 Å². The van der Waals surface area contributed by atoms with Crippen molar-refractivity contribution in [3.8, 4) is 0 Å². The molecule has 92 valence electrons. The summed E-state index contributed by atoms with van der Waals surface area (Å²) in [6, 6.07) is 8.38. The van der Waals surface area contributed by atoms with Gasteiger partial charge in [0.15, 0.2) is 0 Å². The van der Waals surface area contributed by atoms with Crippen LogP contribution >= 0.6 is 0 Å². The van der Waals surface area contributed by atoms with Gasteiger partial charge in [0.05, 0.1) is 6.10 Å². The highest BCUT2D eigenvalue weighted by Crippen LogP contribution is 2.21. The summed E-state index contributed by atoms with van der Waals surface area (Å²) in [6.45, 7) is 5.46. The number of aromatic amines is 1. The number of aromatic nitrogens is 1. The summed E-state index contributed by atoms with van der Waals surface area (Å²) in [6.07, 6.45) is 0.710. The van der Waals surface area contributed by atoms with E-state index in [0.717, 1.165) is 13.0 Å². The molecule has 0 saturated carbocycles. The average molecular weight is 232 g/mol. The molecule has 0 spiro atoms. The second kappa shape index (κ2) is 5.34. The lowest BCUT2D eigenvalue weighted by atomic mass is 10.1. The van der Waals surface area contributed by atoms with Crippen molar-refractivity contribution in [2.45, 2.75) is 26.4 Å². The maximum Gasteiger partial charge on any atom is 0.0636 e. The van der Waals surface area contributed by atoms with Gasteiger partial charge in [-0.05, 0) is 38.4 Å². The van der Waals surface area contributed by atoms with Crippen molar-refractivity contribution in [1.82, 2.24) is 10.3 Å². The molecule has 0 amide bonds. The second-order valence-corrected chi connectivity index (χ2v) is 4.58. The Hall–Kier alpha value is -1.32. The molecule has 1 aromatic carbocycles. The predicted molar refractivity (Wildman–Crippen MR) is 71.3 cm³/mol. The third-order valence-corrected chi connectivity index (χ3v) is 3.02. The molecule has 2 rings (SSSR count). The lowest BCUT2D eigenvalue weighted by Gasteiger charge is -2.06. The quantitative estimate of drug-likeness (QED) is 0.690. The Morgan fingerprint density at radius 1 is 1.35 bits per heavy atom. The number of fused-ring (bicyclic) bond motifs is 1. The van der Waals surface area contributed by atoms with E-state index in [1.54, 1.807) is 6.92 Å². The van der Waals surface area contributed by atoms with E-state index in [0.29, 0.717) is 6.54 Å². The van der Waals surface area contributed by atoms with Crippen LogP contribution in [-0.4, -0.2) is 29.3 Å². The Bertz CT molecular complexity index is 488. The van der Waals surface area contributed by atoms with Crippen LogP contribution in [0.5, 0.6) is 0 Å². The fraction of sp³-hybridized carbons (Fsp3) is 0.429. The van der Waals surface area contributed by atoms with Gasteiger partial charge in [-0.2, -0.15) is 0 Å². The van der Waals surface area contributed by atoms with Crippen molar-refractivity contribution >= 4 is 10.9 Å². The van der Waals surface area contributed by atoms with E-state index in [-0.39, 0.29) is 6.10 Å². The molecule has 0 aliphatic carbocycles. The van der Waals surface area contributed by atoms with Gasteiger partial charge in [-0.25, -0.2) is 0 Å². The number of aliphatic hydroxyl groups excluding tert-OH is 1. The van der Waals surface area contributed by atoms with Crippen molar-refractivity contribution in [2.24, 2.45) is 0 Å². The van der Waals surface area contributed by atoms with Crippen molar-refractivity contribution < 1.29 is 5.11 Å². The number of nitrogens with one attached hydrogen (secondary N) is 2. The van der Waals surface area contributed by atoms with Crippen LogP contribution in [0.2, 0.25) is 0 Å². The van der Waals surface area contributed by atoms with Gasteiger partial charge in [0.25, 0.3) is 0 Å². The summed E-state index contributed by atoms with van der Waals surface area (Å²) < 4.78 is 0. The van der Waals surface area contributed by atoms with Crippen molar-refractivity contribution in [3.05, 3.63) is 35.5 Å². The molecule has 3 N–H and O–H groups in total. The average Bonchev–Trinajstić information content (AvgIpc) is 2.60. The first-order chi connectivity index (χ1) is 8.18. The van der Waals surface area contributed by atoms with Crippen LogP contribution in [0, 0.1) is 6.92 Å². The lowest BCUT2D eigenvalue weighted by Crippen LogP contribution is -2.26. The molecule has 0 aliphatic heterocycles. The predicted octanol–water partition coefficient (Wildman–Crippen LogP) is 1.99. The van der Waals surface area contributed by atoms with Crippen LogP contribution in [-0.2, 0) is 6.42 Å². The number of benzene rings is 1. The van der Waals surface area contributed by atoms with Crippen LogP contribution in [0.3, 0.4) is 0 Å². The van der Waals surface area contributed by atoms with Gasteiger partial charge in [-0.3, -0.25) is 0 Å². The Kier molecular flexibility index (Phi) is 3.82. The number of aliphatic hydroxyl groups is 1. The van der Waals surface area contributed by atoms with Gasteiger partial charge in [0, 0.05) is 23.1 Å². The van der Waals surface area contributed by atoms with Crippen LogP contribution < -0.4 is 5.32 Å². The fourth-order valence-corrected chi connectivity index (χ4v) is 2.18. The van der Waals surface area contributed by atoms with Crippen LogP contribution in [0.4, 0.5) is 0 Å². The summed E-state index contributed by atoms with van der Waals surface area (Å²) >= 11 is 0. The minimum absolute atomic E-state index is 0.279. The van der Waals surface area contributed by atoms with Crippen molar-refractivity contribution in [1.29, 1.82) is 0 Å². The number of rotatable bonds is 5. The first kappa shape index (κ1) is 12.1. The standard InChI is InChI=1S/C14H20N2O/c1-10(17)9-15-8-7-12-11(2)16-14-6-4-3-5-13(12)14/h3-6,10,15-17H,7-9H2,1-2H3. The first-order valence-corrected chi connectivity index (χ1v) is 6.13. The Morgan fingerprint density at radius 3 is 2.88 bits per heavy atom. The minimum atomic E-state index is -0.279. The summed E-state index contributed by atoms with van der Waals surface area (Å²) in [5, 5.41) is 13.7. The minimum Gasteiger partial charge on any atom is -0.392 e. The zero-order valence-corrected chi connectivity index (χ0v) is 10.5. The third-order valence-electron chi connectivity index (χ3n) is 3.02. The van der Waals surface area contributed by atoms with Gasteiger partial charge in [0.1, 0.15) is 0 Å². The first-order valence-electron chi connectivity index (χ1n) is 6.13. The van der Waals surface area contributed by atoms with Crippen LogP contribution in [0.25, 0.3) is 10.9 Å². The molecule has 0 bridgehead atoms. The molecule has 3 nitrogen and oxygen atoms in total. The molecule has 1 unspecified atom stereocenters. The maximum absolute atomic E-state index is 9.17. The maximum atomic E-state index is 9.17. The lowest BCUT2D eigenvalue weighted by molar-refractivity contribution is 0.191. The normalized spacial score (nSPS) is 13.1. The Morgan fingerprint density at radius 2 is 2.12 bits per heavy atom. The van der Waals surface area contributed by atoms with E-state index in [4.69, 9.17) is 5.11 Å². The molecule has 0 radical (unpaired) electrons. The van der Waals surface area contributed by atoms with Gasteiger partial charge >= 0.3 is 0 Å². The van der Waals surface area contributed by atoms with E-state index in [2.05, 4.69) is 35.4 Å². The van der Waals surface area contributed by atoms with Crippen molar-refractivity contribution in [2.75, 3.05) is 13.1 Å². The molecule has 1 heterocycles. The Labute approximate surface area is 102 Å². The SMILES string of the molecule is Cc1[nH]c2ccccc2c1CCNCC(C)O. The number of H-pyrrole nitrogens is 1. The van der Waals surface area contributed by atoms with Crippen molar-refractivity contribution in [3.63, 3.8) is 0 Å². The zero-order chi connectivity index (χ0) is 12.3. The zero-order valence-electron chi connectivity index (χ0n) is 10.5. The fourth-order valence-electron chi connectivity index (χ4n) is 2.18. The highest BCUT2D eigenvalue weighted by Gasteiger charge is 2.07.